The van der Waals surface area contributed by atoms with Crippen LogP contribution in [0.3, 0.4) is 0 Å². The summed E-state index contributed by atoms with van der Waals surface area (Å²) >= 11 is 0. The Bertz CT molecular complexity index is 560. The normalized spacial score (nSPS) is 29.6. The van der Waals surface area contributed by atoms with Crippen LogP contribution < -0.4 is 0 Å². The predicted octanol–water partition coefficient (Wildman–Crippen LogP) is 6.14. The van der Waals surface area contributed by atoms with Gasteiger partial charge in [-0.2, -0.15) is 13.2 Å². The van der Waals surface area contributed by atoms with E-state index in [1.807, 2.05) is 0 Å². The smallest absolute Gasteiger partial charge is 0.378 e. The number of aromatic nitrogens is 2. The van der Waals surface area contributed by atoms with E-state index in [4.69, 9.17) is 4.74 Å². The van der Waals surface area contributed by atoms with E-state index in [2.05, 4.69) is 16.9 Å². The summed E-state index contributed by atoms with van der Waals surface area (Å²) in [5, 5.41) is 0. The molecule has 3 rings (SSSR count). The van der Waals surface area contributed by atoms with Gasteiger partial charge < -0.3 is 4.74 Å². The molecule has 0 saturated heterocycles. The van der Waals surface area contributed by atoms with Gasteiger partial charge in [0.1, 0.15) is 0 Å². The van der Waals surface area contributed by atoms with E-state index in [9.17, 15) is 13.2 Å². The third-order valence-electron chi connectivity index (χ3n) is 6.41. The van der Waals surface area contributed by atoms with Crippen molar-refractivity contribution in [1.29, 1.82) is 0 Å². The molecule has 1 aromatic rings. The molecule has 2 aliphatic rings. The first kappa shape index (κ1) is 20.6. The minimum absolute atomic E-state index is 0.303. The summed E-state index contributed by atoms with van der Waals surface area (Å²) in [5.74, 6) is 0.809. The fourth-order valence-electron chi connectivity index (χ4n) is 4.74. The summed E-state index contributed by atoms with van der Waals surface area (Å²) in [6.07, 6.45) is 10.4. The molecule has 152 valence electrons. The van der Waals surface area contributed by atoms with Crippen LogP contribution in [0.5, 0.6) is 0 Å². The predicted molar refractivity (Wildman–Crippen MR) is 98.3 cm³/mol. The molecule has 0 aromatic carbocycles. The molecule has 2 aliphatic carbocycles. The molecule has 0 aliphatic heterocycles. The molecule has 0 radical (unpaired) electrons. The Hall–Kier alpha value is -1.17. The SMILES string of the molecule is CCCCO[C@H]1CC[C@H]([C@H]2CC[C@H](c3cnc(C(F)(F)F)nc3)CC2)CC1. The molecule has 0 amide bonds. The molecule has 0 bridgehead atoms. The van der Waals surface area contributed by atoms with Crippen molar-refractivity contribution in [3.8, 4) is 0 Å². The van der Waals surface area contributed by atoms with Crippen molar-refractivity contribution >= 4 is 0 Å². The van der Waals surface area contributed by atoms with Crippen LogP contribution >= 0.6 is 0 Å². The largest absolute Gasteiger partial charge is 0.451 e. The number of nitrogens with zero attached hydrogens (tertiary/aromatic N) is 2. The van der Waals surface area contributed by atoms with Gasteiger partial charge in [-0.05, 0) is 81.1 Å². The first-order chi connectivity index (χ1) is 13.0. The summed E-state index contributed by atoms with van der Waals surface area (Å²) in [7, 11) is 0. The zero-order valence-electron chi connectivity index (χ0n) is 16.2. The van der Waals surface area contributed by atoms with E-state index in [1.165, 1.54) is 44.5 Å². The highest BCUT2D eigenvalue weighted by atomic mass is 19.4. The first-order valence-electron chi connectivity index (χ1n) is 10.5. The molecular weight excluding hydrogens is 353 g/mol. The van der Waals surface area contributed by atoms with Gasteiger partial charge in [0.2, 0.25) is 5.82 Å². The highest BCUT2D eigenvalue weighted by Crippen LogP contribution is 2.43. The lowest BCUT2D eigenvalue weighted by molar-refractivity contribution is -0.145. The minimum Gasteiger partial charge on any atom is -0.378 e. The second-order valence-corrected chi connectivity index (χ2v) is 8.21. The number of ether oxygens (including phenoxy) is 1. The molecule has 1 aromatic heterocycles. The van der Waals surface area contributed by atoms with Crippen molar-refractivity contribution in [3.63, 3.8) is 0 Å². The monoisotopic (exact) mass is 384 g/mol. The molecular formula is C21H31F3N2O. The van der Waals surface area contributed by atoms with Gasteiger partial charge in [-0.25, -0.2) is 9.97 Å². The maximum atomic E-state index is 12.6. The summed E-state index contributed by atoms with van der Waals surface area (Å²) in [5.41, 5.74) is 0.856. The van der Waals surface area contributed by atoms with Gasteiger partial charge in [-0.15, -0.1) is 0 Å². The maximum absolute atomic E-state index is 12.6. The van der Waals surface area contributed by atoms with Gasteiger partial charge in [0.25, 0.3) is 0 Å². The average molecular weight is 384 g/mol. The lowest BCUT2D eigenvalue weighted by atomic mass is 9.70. The second kappa shape index (κ2) is 9.35. The highest BCUT2D eigenvalue weighted by molar-refractivity contribution is 5.13. The van der Waals surface area contributed by atoms with Crippen LogP contribution in [-0.2, 0) is 10.9 Å². The number of unbranched alkanes of at least 4 members (excludes halogenated alkanes) is 1. The molecule has 27 heavy (non-hydrogen) atoms. The van der Waals surface area contributed by atoms with Crippen molar-refractivity contribution in [3.05, 3.63) is 23.8 Å². The van der Waals surface area contributed by atoms with Crippen molar-refractivity contribution in [2.45, 2.75) is 89.3 Å². The first-order valence-corrected chi connectivity index (χ1v) is 10.5. The molecule has 2 saturated carbocycles. The molecule has 0 spiro atoms. The highest BCUT2D eigenvalue weighted by Gasteiger charge is 2.35. The Labute approximate surface area is 160 Å². The lowest BCUT2D eigenvalue weighted by Crippen LogP contribution is -2.28. The molecule has 0 atom stereocenters. The Morgan fingerprint density at radius 3 is 2.00 bits per heavy atom. The van der Waals surface area contributed by atoms with Crippen molar-refractivity contribution in [2.75, 3.05) is 6.61 Å². The van der Waals surface area contributed by atoms with Gasteiger partial charge in [0.05, 0.1) is 6.10 Å². The van der Waals surface area contributed by atoms with E-state index in [-0.39, 0.29) is 0 Å². The van der Waals surface area contributed by atoms with Gasteiger partial charge in [0, 0.05) is 19.0 Å². The number of hydrogen-bond donors (Lipinski definition) is 0. The maximum Gasteiger partial charge on any atom is 0.451 e. The van der Waals surface area contributed by atoms with Crippen LogP contribution in [0, 0.1) is 11.8 Å². The van der Waals surface area contributed by atoms with Gasteiger partial charge in [-0.1, -0.05) is 13.3 Å². The summed E-state index contributed by atoms with van der Waals surface area (Å²) in [6.45, 7) is 3.08. The molecule has 3 nitrogen and oxygen atoms in total. The fourth-order valence-corrected chi connectivity index (χ4v) is 4.74. The van der Waals surface area contributed by atoms with E-state index < -0.39 is 12.0 Å². The Morgan fingerprint density at radius 2 is 1.48 bits per heavy atom. The molecule has 2 fully saturated rings. The molecule has 0 N–H and O–H groups in total. The van der Waals surface area contributed by atoms with Gasteiger partial charge >= 0.3 is 6.18 Å². The molecule has 0 unspecified atom stereocenters. The Balaban J connectivity index is 1.43. The average Bonchev–Trinajstić information content (AvgIpc) is 2.68. The van der Waals surface area contributed by atoms with Crippen LogP contribution in [0.25, 0.3) is 0 Å². The van der Waals surface area contributed by atoms with Crippen molar-refractivity contribution < 1.29 is 17.9 Å². The zero-order chi connectivity index (χ0) is 19.3. The van der Waals surface area contributed by atoms with E-state index in [1.54, 1.807) is 0 Å². The van der Waals surface area contributed by atoms with E-state index in [0.717, 1.165) is 56.1 Å². The van der Waals surface area contributed by atoms with E-state index >= 15 is 0 Å². The van der Waals surface area contributed by atoms with Crippen LogP contribution in [0.15, 0.2) is 12.4 Å². The second-order valence-electron chi connectivity index (χ2n) is 8.21. The summed E-state index contributed by atoms with van der Waals surface area (Å²) in [6, 6.07) is 0. The van der Waals surface area contributed by atoms with E-state index in [0.29, 0.717) is 12.0 Å². The molecule has 6 heteroatoms. The van der Waals surface area contributed by atoms with Crippen LogP contribution in [-0.4, -0.2) is 22.7 Å². The topological polar surface area (TPSA) is 35.0 Å². The van der Waals surface area contributed by atoms with Crippen LogP contribution in [0.2, 0.25) is 0 Å². The third-order valence-corrected chi connectivity index (χ3v) is 6.41. The third kappa shape index (κ3) is 5.66. The quantitative estimate of drug-likeness (QED) is 0.552. The minimum atomic E-state index is -4.46. The van der Waals surface area contributed by atoms with Crippen LogP contribution in [0.1, 0.15) is 88.4 Å². The van der Waals surface area contributed by atoms with Crippen LogP contribution in [0.4, 0.5) is 13.2 Å². The summed E-state index contributed by atoms with van der Waals surface area (Å²) < 4.78 is 43.8. The Kier molecular flexibility index (Phi) is 7.12. The van der Waals surface area contributed by atoms with Gasteiger partial charge in [-0.3, -0.25) is 0 Å². The lowest BCUT2D eigenvalue weighted by Gasteiger charge is -2.37. The summed E-state index contributed by atoms with van der Waals surface area (Å²) in [4.78, 5) is 7.05. The number of rotatable bonds is 6. The molecule has 1 heterocycles. The van der Waals surface area contributed by atoms with Gasteiger partial charge in [0.15, 0.2) is 0 Å². The number of alkyl halides is 3. The number of hydrogen-bond acceptors (Lipinski definition) is 3. The fraction of sp³-hybridized carbons (Fsp3) is 0.810. The van der Waals surface area contributed by atoms with Crippen molar-refractivity contribution in [2.24, 2.45) is 11.8 Å². The standard InChI is InChI=1S/C21H31F3N2O/c1-2-3-12-27-19-10-8-16(9-11-19)15-4-6-17(7-5-15)18-13-25-20(26-14-18)21(22,23)24/h13-17,19H,2-12H2,1H3/t15-,16-,17-,19-. The van der Waals surface area contributed by atoms with Crippen molar-refractivity contribution in [1.82, 2.24) is 9.97 Å². The number of halogens is 3. The Morgan fingerprint density at radius 1 is 0.926 bits per heavy atom. The zero-order valence-corrected chi connectivity index (χ0v) is 16.2.